The van der Waals surface area contributed by atoms with E-state index in [4.69, 9.17) is 14.7 Å². The number of methoxy groups -OCH3 is 1. The molecular weight excluding hydrogens is 701 g/mol. The first-order chi connectivity index (χ1) is 26.9. The molecule has 0 saturated heterocycles. The molecule has 0 saturated carbocycles. The number of amides is 1. The number of nitrogens with one attached hydrogen (secondary N) is 3. The molecule has 8 bridgehead atoms. The monoisotopic (exact) mass is 764 g/mol. The second-order valence-electron chi connectivity index (χ2n) is 16.1. The molecule has 3 aliphatic rings. The third kappa shape index (κ3) is 7.86. The van der Waals surface area contributed by atoms with Crippen LogP contribution in [-0.4, -0.2) is 54.3 Å². The van der Waals surface area contributed by atoms with Gasteiger partial charge in [0.2, 0.25) is 17.7 Å². The Morgan fingerprint density at radius 2 is 1.57 bits per heavy atom. The number of H-pyrrole nitrogens is 2. The summed E-state index contributed by atoms with van der Waals surface area (Å²) in [6.07, 6.45) is 9.91. The molecule has 1 unspecified atom stereocenters. The molecule has 0 spiro atoms. The van der Waals surface area contributed by atoms with Crippen LogP contribution in [-0.2, 0) is 22.5 Å². The van der Waals surface area contributed by atoms with Crippen molar-refractivity contribution in [3.63, 3.8) is 0 Å². The van der Waals surface area contributed by atoms with E-state index in [0.29, 0.717) is 48.3 Å². The van der Waals surface area contributed by atoms with Crippen molar-refractivity contribution in [3.8, 4) is 23.0 Å². The van der Waals surface area contributed by atoms with Crippen LogP contribution in [0.15, 0.2) is 18.2 Å². The Morgan fingerprint density at radius 3 is 2.27 bits per heavy atom. The summed E-state index contributed by atoms with van der Waals surface area (Å²) < 4.78 is 7.57. The average molecular weight is 765 g/mol. The molecule has 3 atom stereocenters. The largest absolute Gasteiger partial charge is 0.494 e. The first kappa shape index (κ1) is 41.1. The minimum atomic E-state index is -0.182. The number of hydrogen-bond acceptors (Lipinski definition) is 6. The zero-order valence-electron chi connectivity index (χ0n) is 35.2. The van der Waals surface area contributed by atoms with E-state index in [2.05, 4.69) is 82.0 Å². The van der Waals surface area contributed by atoms with Crippen molar-refractivity contribution in [1.82, 2.24) is 29.8 Å². The van der Waals surface area contributed by atoms with Crippen molar-refractivity contribution in [1.29, 1.82) is 0 Å². The van der Waals surface area contributed by atoms with Crippen LogP contribution in [0.3, 0.4) is 0 Å². The first-order valence-electron chi connectivity index (χ1n) is 21.1. The predicted molar refractivity (Wildman–Crippen MR) is 228 cm³/mol. The summed E-state index contributed by atoms with van der Waals surface area (Å²) in [4.78, 5) is 31.3. The summed E-state index contributed by atoms with van der Waals surface area (Å²) in [5.74, 6) is -0.244. The van der Waals surface area contributed by atoms with Crippen molar-refractivity contribution < 1.29 is 19.7 Å². The molecule has 3 aliphatic heterocycles. The van der Waals surface area contributed by atoms with Crippen molar-refractivity contribution in [3.05, 3.63) is 57.4 Å². The van der Waals surface area contributed by atoms with Gasteiger partial charge in [0.05, 0.1) is 34.0 Å². The number of aromatic amines is 2. The molecule has 6 rings (SSSR count). The van der Waals surface area contributed by atoms with E-state index in [1.807, 2.05) is 6.92 Å². The molecule has 302 valence electrons. The van der Waals surface area contributed by atoms with E-state index < -0.39 is 0 Å². The lowest BCUT2D eigenvalue weighted by Crippen LogP contribution is -2.24. The zero-order valence-corrected chi connectivity index (χ0v) is 35.2. The van der Waals surface area contributed by atoms with E-state index in [1.165, 1.54) is 12.0 Å². The van der Waals surface area contributed by atoms with Gasteiger partial charge in [0.15, 0.2) is 0 Å². The van der Waals surface area contributed by atoms with Gasteiger partial charge in [0.25, 0.3) is 0 Å². The van der Waals surface area contributed by atoms with Crippen LogP contribution in [0.1, 0.15) is 156 Å². The third-order valence-electron chi connectivity index (χ3n) is 12.4. The summed E-state index contributed by atoms with van der Waals surface area (Å²) in [5.41, 5.74) is 12.7. The van der Waals surface area contributed by atoms with Gasteiger partial charge in [0.1, 0.15) is 0 Å². The molecule has 56 heavy (non-hydrogen) atoms. The van der Waals surface area contributed by atoms with Crippen LogP contribution in [0.5, 0.6) is 11.8 Å². The molecule has 3 aromatic rings. The number of pyridine rings is 1. The van der Waals surface area contributed by atoms with Gasteiger partial charge in [-0.1, -0.05) is 66.2 Å². The normalized spacial score (nSPS) is 15.7. The molecule has 0 aliphatic carbocycles. The van der Waals surface area contributed by atoms with Crippen LogP contribution in [0.2, 0.25) is 0 Å². The van der Waals surface area contributed by atoms with Gasteiger partial charge in [-0.2, -0.15) is 0 Å². The molecule has 5 N–H and O–H groups in total. The predicted octanol–water partition coefficient (Wildman–Crippen LogP) is 11.0. The summed E-state index contributed by atoms with van der Waals surface area (Å²) >= 11 is 0. The molecule has 10 nitrogen and oxygen atoms in total. The van der Waals surface area contributed by atoms with E-state index in [0.717, 1.165) is 107 Å². The fourth-order valence-corrected chi connectivity index (χ4v) is 8.88. The molecular formula is C46H64N6O4. The maximum atomic E-state index is 13.3. The van der Waals surface area contributed by atoms with Gasteiger partial charge in [-0.25, -0.2) is 4.98 Å². The van der Waals surface area contributed by atoms with Crippen molar-refractivity contribution in [2.75, 3.05) is 13.7 Å². The fourth-order valence-electron chi connectivity index (χ4n) is 8.88. The van der Waals surface area contributed by atoms with Gasteiger partial charge >= 0.3 is 0 Å². The highest BCUT2D eigenvalue weighted by Gasteiger charge is 2.35. The van der Waals surface area contributed by atoms with Gasteiger partial charge < -0.3 is 30.2 Å². The van der Waals surface area contributed by atoms with E-state index in [1.54, 1.807) is 11.7 Å². The van der Waals surface area contributed by atoms with Gasteiger partial charge in [-0.15, -0.1) is 0 Å². The van der Waals surface area contributed by atoms with Gasteiger partial charge in [-0.05, 0) is 93.8 Å². The lowest BCUT2D eigenvalue weighted by Gasteiger charge is -2.21. The summed E-state index contributed by atoms with van der Waals surface area (Å²) in [6, 6.07) is 6.38. The van der Waals surface area contributed by atoms with Gasteiger partial charge in [-0.3, -0.25) is 14.3 Å². The summed E-state index contributed by atoms with van der Waals surface area (Å²) in [6.45, 7) is 18.2. The number of aromatic nitrogens is 5. The maximum Gasteiger partial charge on any atom is 0.220 e. The molecule has 0 fully saturated rings. The van der Waals surface area contributed by atoms with Crippen molar-refractivity contribution in [2.45, 2.75) is 151 Å². The smallest absolute Gasteiger partial charge is 0.220 e. The third-order valence-corrected chi connectivity index (χ3v) is 12.4. The average Bonchev–Trinajstić information content (AvgIpc) is 3.86. The Morgan fingerprint density at radius 1 is 0.875 bits per heavy atom. The summed E-state index contributed by atoms with van der Waals surface area (Å²) in [5, 5.41) is 28.0. The Kier molecular flexibility index (Phi) is 13.0. The number of carbonyl (C=O) groups excluding carboxylic acids is 1. The number of hydrogen-bond donors (Lipinski definition) is 5. The van der Waals surface area contributed by atoms with Crippen LogP contribution in [0, 0.1) is 20.8 Å². The maximum absolute atomic E-state index is 13.3. The topological polar surface area (TPSA) is 141 Å². The molecule has 0 aromatic carbocycles. The number of aromatic hydroxyl groups is 2. The SMILES string of the molecule is CCCCCCNC(=O)CC[C@@H]1c2nc(cc3[nH]c(cc4[nH]c(cc5nc6c2c(O)n(CCCCCC)c(O)c-6c5C)c(CC)c4C)c(C(C)OC)c3C)[C@H]1C. The van der Waals surface area contributed by atoms with Crippen LogP contribution < -0.4 is 5.32 Å². The lowest BCUT2D eigenvalue weighted by atomic mass is 9.85. The number of nitrogens with zero attached hydrogens (tertiary/aromatic N) is 3. The Bertz CT molecular complexity index is 2280. The Hall–Kier alpha value is -4.57. The van der Waals surface area contributed by atoms with Gasteiger partial charge in [0, 0.05) is 71.8 Å². The lowest BCUT2D eigenvalue weighted by molar-refractivity contribution is -0.121. The molecule has 10 heteroatoms. The van der Waals surface area contributed by atoms with E-state index in [-0.39, 0.29) is 35.6 Å². The van der Waals surface area contributed by atoms with Crippen molar-refractivity contribution in [2.24, 2.45) is 0 Å². The number of fused-ring (bicyclic) bond motifs is 8. The standard InChI is InChI=1S/C46H64N6O4/c1-10-13-15-17-21-47-39(53)20-19-32-27(5)34-23-35-28(6)40(30(8)56-9)38(49-35)25-33-26(4)31(12-3)37(48-33)24-36-29(7)41-44(51-36)42(43(32)50-34)46(55)52(45(41)54)22-18-16-14-11-2/h23-25,27,30,32,48-49,54-55H,10-22H2,1-9H3,(H,47,53)/t27-,30?,32-/m0/s1. The zero-order chi connectivity index (χ0) is 40.3. The number of rotatable bonds is 16. The van der Waals surface area contributed by atoms with Crippen LogP contribution in [0.4, 0.5) is 0 Å². The minimum Gasteiger partial charge on any atom is -0.494 e. The molecule has 1 amide bonds. The number of ether oxygens (including phenoxy) is 1. The number of aryl methyl sites for hydroxylation is 4. The second-order valence-corrected chi connectivity index (χ2v) is 16.1. The highest BCUT2D eigenvalue weighted by atomic mass is 16.5. The number of unbranched alkanes of at least 4 members (excludes halogenated alkanes) is 6. The molecule has 3 aromatic heterocycles. The first-order valence-corrected chi connectivity index (χ1v) is 21.1. The number of carbonyl (C=O) groups is 1. The van der Waals surface area contributed by atoms with Crippen molar-refractivity contribution >= 4 is 38.9 Å². The quantitative estimate of drug-likeness (QED) is 0.0634. The highest BCUT2D eigenvalue weighted by Crippen LogP contribution is 2.50. The van der Waals surface area contributed by atoms with Crippen LogP contribution >= 0.6 is 0 Å². The Balaban J connectivity index is 1.68. The van der Waals surface area contributed by atoms with E-state index >= 15 is 0 Å². The molecule has 6 heterocycles. The molecule has 0 radical (unpaired) electrons. The second kappa shape index (κ2) is 17.7. The minimum absolute atomic E-state index is 0.0168. The fraction of sp³-hybridized carbons (Fsp3) is 0.543. The Labute approximate surface area is 332 Å². The summed E-state index contributed by atoms with van der Waals surface area (Å²) in [7, 11) is 1.74. The van der Waals surface area contributed by atoms with E-state index in [9.17, 15) is 15.0 Å². The highest BCUT2D eigenvalue weighted by molar-refractivity contribution is 5.96. The van der Waals surface area contributed by atoms with Crippen LogP contribution in [0.25, 0.3) is 44.2 Å².